The molecule has 0 bridgehead atoms. The molecule has 0 spiro atoms. The summed E-state index contributed by atoms with van der Waals surface area (Å²) >= 11 is 0. The molecule has 0 amide bonds. The van der Waals surface area contributed by atoms with E-state index in [9.17, 15) is 13.2 Å². The van der Waals surface area contributed by atoms with Gasteiger partial charge in [-0.1, -0.05) is 19.8 Å². The van der Waals surface area contributed by atoms with Gasteiger partial charge in [0.1, 0.15) is 11.6 Å². The fourth-order valence-corrected chi connectivity index (χ4v) is 1.61. The molecular weight excluding hydrogens is 257 g/mol. The van der Waals surface area contributed by atoms with Crippen LogP contribution in [0, 0.1) is 0 Å². The molecule has 1 aromatic rings. The largest absolute Gasteiger partial charge is 0.451 e. The Kier molecular flexibility index (Phi) is 5.38. The minimum absolute atomic E-state index is 0.0700. The Morgan fingerprint density at radius 3 is 2.42 bits per heavy atom. The lowest BCUT2D eigenvalue weighted by Gasteiger charge is -2.16. The average molecular weight is 276 g/mol. The summed E-state index contributed by atoms with van der Waals surface area (Å²) in [5.74, 6) is -0.799. The molecule has 1 unspecified atom stereocenters. The van der Waals surface area contributed by atoms with Crippen molar-refractivity contribution in [2.45, 2.75) is 45.3 Å². The number of hydrogen-bond acceptors (Lipinski definition) is 4. The smallest absolute Gasteiger partial charge is 0.373 e. The highest BCUT2D eigenvalue weighted by Crippen LogP contribution is 2.28. The first-order valence-corrected chi connectivity index (χ1v) is 6.27. The van der Waals surface area contributed by atoms with Crippen LogP contribution in [0.5, 0.6) is 0 Å². The van der Waals surface area contributed by atoms with Crippen molar-refractivity contribution in [3.63, 3.8) is 0 Å². The fraction of sp³-hybridized carbons (Fsp3) is 0.667. The van der Waals surface area contributed by atoms with E-state index in [-0.39, 0.29) is 17.7 Å². The number of nitrogens with one attached hydrogen (secondary N) is 2. The van der Waals surface area contributed by atoms with Crippen LogP contribution >= 0.6 is 0 Å². The summed E-state index contributed by atoms with van der Waals surface area (Å²) in [5.41, 5.74) is 0. The molecule has 1 atom stereocenters. The predicted molar refractivity (Wildman–Crippen MR) is 69.2 cm³/mol. The molecule has 1 heterocycles. The zero-order valence-corrected chi connectivity index (χ0v) is 11.3. The van der Waals surface area contributed by atoms with E-state index in [1.165, 1.54) is 13.1 Å². The third kappa shape index (κ3) is 4.92. The number of halogens is 3. The van der Waals surface area contributed by atoms with E-state index in [2.05, 4.69) is 27.5 Å². The molecule has 0 aliphatic heterocycles. The monoisotopic (exact) mass is 276 g/mol. The first-order chi connectivity index (χ1) is 8.86. The SMILES string of the molecule is CCCCC(C)Nc1cc(NC)nc(C(F)(F)F)n1. The van der Waals surface area contributed by atoms with Crippen molar-refractivity contribution in [2.24, 2.45) is 0 Å². The van der Waals surface area contributed by atoms with Gasteiger partial charge in [0, 0.05) is 19.2 Å². The van der Waals surface area contributed by atoms with Gasteiger partial charge in [-0.05, 0) is 13.3 Å². The van der Waals surface area contributed by atoms with Gasteiger partial charge in [0.2, 0.25) is 5.82 Å². The second-order valence-corrected chi connectivity index (χ2v) is 4.40. The maximum Gasteiger partial charge on any atom is 0.451 e. The Labute approximate surface area is 110 Å². The van der Waals surface area contributed by atoms with Crippen molar-refractivity contribution < 1.29 is 13.2 Å². The van der Waals surface area contributed by atoms with Crippen molar-refractivity contribution in [3.8, 4) is 0 Å². The maximum absolute atomic E-state index is 12.6. The van der Waals surface area contributed by atoms with E-state index in [0.717, 1.165) is 19.3 Å². The maximum atomic E-state index is 12.6. The van der Waals surface area contributed by atoms with Gasteiger partial charge in [0.15, 0.2) is 0 Å². The first kappa shape index (κ1) is 15.5. The first-order valence-electron chi connectivity index (χ1n) is 6.27. The van der Waals surface area contributed by atoms with E-state index in [1.54, 1.807) is 0 Å². The van der Waals surface area contributed by atoms with Gasteiger partial charge in [-0.15, -0.1) is 0 Å². The van der Waals surface area contributed by atoms with Gasteiger partial charge in [0.25, 0.3) is 0 Å². The highest BCUT2D eigenvalue weighted by molar-refractivity contribution is 5.47. The molecule has 4 nitrogen and oxygen atoms in total. The minimum Gasteiger partial charge on any atom is -0.373 e. The lowest BCUT2D eigenvalue weighted by molar-refractivity contribution is -0.144. The second kappa shape index (κ2) is 6.58. The molecular formula is C12H19F3N4. The standard InChI is InChI=1S/C12H19F3N4/c1-4-5-6-8(2)17-10-7-9(16-3)18-11(19-10)12(13,14)15/h7-8H,4-6H2,1-3H3,(H2,16,17,18,19). The topological polar surface area (TPSA) is 49.8 Å². The summed E-state index contributed by atoms with van der Waals surface area (Å²) in [4.78, 5) is 6.92. The van der Waals surface area contributed by atoms with Crippen LogP contribution in [-0.4, -0.2) is 23.1 Å². The molecule has 108 valence electrons. The summed E-state index contributed by atoms with van der Waals surface area (Å²) in [7, 11) is 1.52. The second-order valence-electron chi connectivity index (χ2n) is 4.40. The van der Waals surface area contributed by atoms with Crippen LogP contribution in [0.2, 0.25) is 0 Å². The number of alkyl halides is 3. The quantitative estimate of drug-likeness (QED) is 0.834. The molecule has 1 rings (SSSR count). The number of nitrogens with zero attached hydrogens (tertiary/aromatic N) is 2. The van der Waals surface area contributed by atoms with Crippen LogP contribution in [0.3, 0.4) is 0 Å². The number of unbranched alkanes of at least 4 members (excludes halogenated alkanes) is 1. The van der Waals surface area contributed by atoms with E-state index in [1.807, 2.05) is 6.92 Å². The van der Waals surface area contributed by atoms with Crippen LogP contribution in [0.25, 0.3) is 0 Å². The molecule has 0 aromatic carbocycles. The zero-order valence-electron chi connectivity index (χ0n) is 11.3. The van der Waals surface area contributed by atoms with Gasteiger partial charge in [-0.3, -0.25) is 0 Å². The van der Waals surface area contributed by atoms with E-state index in [4.69, 9.17) is 0 Å². The summed E-state index contributed by atoms with van der Waals surface area (Å²) in [6.45, 7) is 3.99. The Morgan fingerprint density at radius 2 is 1.89 bits per heavy atom. The molecule has 0 fully saturated rings. The summed E-state index contributed by atoms with van der Waals surface area (Å²) in [6, 6.07) is 1.54. The number of aromatic nitrogens is 2. The number of rotatable bonds is 6. The normalized spacial score (nSPS) is 13.2. The van der Waals surface area contributed by atoms with Gasteiger partial charge in [0.05, 0.1) is 0 Å². The summed E-state index contributed by atoms with van der Waals surface area (Å²) < 4.78 is 37.9. The van der Waals surface area contributed by atoms with Gasteiger partial charge >= 0.3 is 6.18 Å². The molecule has 0 aliphatic carbocycles. The fourth-order valence-electron chi connectivity index (χ4n) is 1.61. The van der Waals surface area contributed by atoms with E-state index in [0.29, 0.717) is 0 Å². The zero-order chi connectivity index (χ0) is 14.5. The number of anilines is 2. The summed E-state index contributed by atoms with van der Waals surface area (Å²) in [6.07, 6.45) is -1.59. The van der Waals surface area contributed by atoms with Crippen LogP contribution in [0.15, 0.2) is 6.07 Å². The van der Waals surface area contributed by atoms with Crippen molar-refractivity contribution in [2.75, 3.05) is 17.7 Å². The Bertz CT molecular complexity index is 406. The molecule has 19 heavy (non-hydrogen) atoms. The number of hydrogen-bond donors (Lipinski definition) is 2. The van der Waals surface area contributed by atoms with E-state index < -0.39 is 12.0 Å². The molecule has 2 N–H and O–H groups in total. The molecule has 0 saturated heterocycles. The lowest BCUT2D eigenvalue weighted by Crippen LogP contribution is -2.19. The summed E-state index contributed by atoms with van der Waals surface area (Å²) in [5, 5.41) is 5.58. The Balaban J connectivity index is 2.88. The van der Waals surface area contributed by atoms with Crippen LogP contribution in [0.4, 0.5) is 24.8 Å². The molecule has 1 aromatic heterocycles. The highest BCUT2D eigenvalue weighted by atomic mass is 19.4. The van der Waals surface area contributed by atoms with Gasteiger partial charge in [-0.25, -0.2) is 9.97 Å². The van der Waals surface area contributed by atoms with Crippen molar-refractivity contribution in [3.05, 3.63) is 11.9 Å². The molecule has 7 heteroatoms. The van der Waals surface area contributed by atoms with Crippen molar-refractivity contribution >= 4 is 11.6 Å². The average Bonchev–Trinajstić information content (AvgIpc) is 2.34. The van der Waals surface area contributed by atoms with Gasteiger partial charge < -0.3 is 10.6 Å². The van der Waals surface area contributed by atoms with Crippen LogP contribution in [-0.2, 0) is 6.18 Å². The Hall–Kier alpha value is -1.53. The van der Waals surface area contributed by atoms with Crippen LogP contribution < -0.4 is 10.6 Å². The third-order valence-corrected chi connectivity index (χ3v) is 2.62. The Morgan fingerprint density at radius 1 is 1.26 bits per heavy atom. The molecule has 0 saturated carbocycles. The third-order valence-electron chi connectivity index (χ3n) is 2.62. The predicted octanol–water partition coefficient (Wildman–Crippen LogP) is 3.53. The van der Waals surface area contributed by atoms with Crippen molar-refractivity contribution in [1.29, 1.82) is 0 Å². The molecule has 0 radical (unpaired) electrons. The molecule has 0 aliphatic rings. The highest BCUT2D eigenvalue weighted by Gasteiger charge is 2.35. The van der Waals surface area contributed by atoms with E-state index >= 15 is 0 Å². The van der Waals surface area contributed by atoms with Crippen LogP contribution in [0.1, 0.15) is 38.9 Å². The minimum atomic E-state index is -4.55. The lowest BCUT2D eigenvalue weighted by atomic mass is 10.1. The van der Waals surface area contributed by atoms with Crippen molar-refractivity contribution in [1.82, 2.24) is 9.97 Å². The van der Waals surface area contributed by atoms with Gasteiger partial charge in [-0.2, -0.15) is 13.2 Å².